The lowest BCUT2D eigenvalue weighted by molar-refractivity contribution is 0.475. The van der Waals surface area contributed by atoms with Crippen LogP contribution in [-0.4, -0.2) is 25.0 Å². The Balaban J connectivity index is 1.64. The zero-order valence-electron chi connectivity index (χ0n) is 13.3. The summed E-state index contributed by atoms with van der Waals surface area (Å²) < 4.78 is 0. The van der Waals surface area contributed by atoms with Gasteiger partial charge < -0.3 is 10.4 Å². The van der Waals surface area contributed by atoms with E-state index < -0.39 is 0 Å². The number of rotatable bonds is 4. The summed E-state index contributed by atoms with van der Waals surface area (Å²) in [5, 5.41) is 12.7. The van der Waals surface area contributed by atoms with E-state index >= 15 is 0 Å². The summed E-state index contributed by atoms with van der Waals surface area (Å²) >= 11 is 0. The topological polar surface area (TPSA) is 83.8 Å². The Hall–Kier alpha value is -3.54. The first-order valence-electron chi connectivity index (χ1n) is 7.84. The van der Waals surface area contributed by atoms with Crippen LogP contribution in [0.5, 0.6) is 5.75 Å². The number of phenolic OH excluding ortho intramolecular Hbond substituents is 1. The summed E-state index contributed by atoms with van der Waals surface area (Å²) in [6.07, 6.45) is 3.16. The van der Waals surface area contributed by atoms with E-state index in [2.05, 4.69) is 25.3 Å². The van der Waals surface area contributed by atoms with Gasteiger partial charge in [-0.2, -0.15) is 0 Å². The van der Waals surface area contributed by atoms with Crippen molar-refractivity contribution in [3.63, 3.8) is 0 Å². The first-order valence-corrected chi connectivity index (χ1v) is 7.84. The largest absolute Gasteiger partial charge is 0.508 e. The summed E-state index contributed by atoms with van der Waals surface area (Å²) in [6, 6.07) is 16.9. The van der Waals surface area contributed by atoms with Crippen LogP contribution in [0.2, 0.25) is 0 Å². The van der Waals surface area contributed by atoms with Crippen LogP contribution >= 0.6 is 0 Å². The molecule has 2 aromatic carbocycles. The molecule has 0 radical (unpaired) electrons. The molecule has 2 heterocycles. The van der Waals surface area contributed by atoms with Crippen LogP contribution in [0.25, 0.3) is 22.4 Å². The highest BCUT2D eigenvalue weighted by atomic mass is 16.3. The van der Waals surface area contributed by atoms with Crippen molar-refractivity contribution in [3.8, 4) is 17.0 Å². The maximum Gasteiger partial charge on any atom is 0.184 e. The zero-order valence-corrected chi connectivity index (χ0v) is 13.3. The van der Waals surface area contributed by atoms with Gasteiger partial charge in [-0.25, -0.2) is 19.9 Å². The molecule has 4 aromatic rings. The van der Waals surface area contributed by atoms with Crippen molar-refractivity contribution < 1.29 is 5.11 Å². The molecular weight excluding hydrogens is 314 g/mol. The first kappa shape index (κ1) is 15.0. The van der Waals surface area contributed by atoms with Gasteiger partial charge >= 0.3 is 0 Å². The van der Waals surface area contributed by atoms with Gasteiger partial charge in [-0.15, -0.1) is 0 Å². The van der Waals surface area contributed by atoms with Crippen molar-refractivity contribution in [1.82, 2.24) is 19.9 Å². The standard InChI is InChI=1S/C19H15N5O/c25-15-8-6-14(7-9-15)16-11-20-17-18(22-12-23-19(17)24-16)21-10-13-4-2-1-3-5-13/h1-9,11-12,25H,10H2,(H,21,22,23,24). The highest BCUT2D eigenvalue weighted by Gasteiger charge is 2.09. The van der Waals surface area contributed by atoms with Gasteiger partial charge in [0.05, 0.1) is 11.9 Å². The van der Waals surface area contributed by atoms with Crippen molar-refractivity contribution in [1.29, 1.82) is 0 Å². The normalized spacial score (nSPS) is 10.7. The first-order chi connectivity index (χ1) is 12.3. The maximum atomic E-state index is 9.40. The third-order valence-corrected chi connectivity index (χ3v) is 3.81. The van der Waals surface area contributed by atoms with Gasteiger partial charge in [0.25, 0.3) is 0 Å². The van der Waals surface area contributed by atoms with Crippen LogP contribution in [0.4, 0.5) is 5.82 Å². The molecule has 0 aliphatic heterocycles. The number of nitrogens with one attached hydrogen (secondary N) is 1. The van der Waals surface area contributed by atoms with Gasteiger partial charge in [-0.05, 0) is 29.8 Å². The Labute approximate surface area is 144 Å². The lowest BCUT2D eigenvalue weighted by atomic mass is 10.1. The fourth-order valence-corrected chi connectivity index (χ4v) is 2.52. The lowest BCUT2D eigenvalue weighted by Gasteiger charge is -2.08. The number of anilines is 1. The number of hydrogen-bond donors (Lipinski definition) is 2. The van der Waals surface area contributed by atoms with Crippen LogP contribution in [0.15, 0.2) is 67.1 Å². The summed E-state index contributed by atoms with van der Waals surface area (Å²) in [7, 11) is 0. The van der Waals surface area contributed by atoms with E-state index in [4.69, 9.17) is 0 Å². The van der Waals surface area contributed by atoms with Crippen LogP contribution in [-0.2, 0) is 6.54 Å². The molecule has 6 heteroatoms. The smallest absolute Gasteiger partial charge is 0.184 e. The van der Waals surface area contributed by atoms with Crippen LogP contribution in [0.1, 0.15) is 5.56 Å². The molecule has 0 aliphatic rings. The molecule has 25 heavy (non-hydrogen) atoms. The zero-order chi connectivity index (χ0) is 17.1. The third-order valence-electron chi connectivity index (χ3n) is 3.81. The Morgan fingerprint density at radius 3 is 2.48 bits per heavy atom. The van der Waals surface area contributed by atoms with Crippen LogP contribution < -0.4 is 5.32 Å². The molecule has 0 fully saturated rings. The minimum absolute atomic E-state index is 0.215. The van der Waals surface area contributed by atoms with Crippen molar-refractivity contribution in [2.45, 2.75) is 6.54 Å². The van der Waals surface area contributed by atoms with Crippen molar-refractivity contribution >= 4 is 17.0 Å². The van der Waals surface area contributed by atoms with E-state index in [1.165, 1.54) is 6.33 Å². The van der Waals surface area contributed by atoms with Gasteiger partial charge in [-0.1, -0.05) is 30.3 Å². The summed E-state index contributed by atoms with van der Waals surface area (Å²) in [5.74, 6) is 0.867. The molecule has 2 N–H and O–H groups in total. The molecular formula is C19H15N5O. The minimum Gasteiger partial charge on any atom is -0.508 e. The van der Waals surface area contributed by atoms with Crippen LogP contribution in [0.3, 0.4) is 0 Å². The second-order valence-electron chi connectivity index (χ2n) is 5.54. The second-order valence-corrected chi connectivity index (χ2v) is 5.54. The molecule has 0 amide bonds. The van der Waals surface area contributed by atoms with Gasteiger partial charge in [0, 0.05) is 12.1 Å². The molecule has 0 spiro atoms. The molecule has 0 unspecified atom stereocenters. The lowest BCUT2D eigenvalue weighted by Crippen LogP contribution is -2.04. The Morgan fingerprint density at radius 2 is 1.68 bits per heavy atom. The predicted octanol–water partition coefficient (Wildman–Crippen LogP) is 3.40. The fraction of sp³-hybridized carbons (Fsp3) is 0.0526. The van der Waals surface area contributed by atoms with Crippen molar-refractivity contribution in [2.75, 3.05) is 5.32 Å². The fourth-order valence-electron chi connectivity index (χ4n) is 2.52. The number of aromatic nitrogens is 4. The van der Waals surface area contributed by atoms with Gasteiger partial charge in [0.2, 0.25) is 0 Å². The molecule has 4 rings (SSSR count). The maximum absolute atomic E-state index is 9.40. The third kappa shape index (κ3) is 3.23. The number of fused-ring (bicyclic) bond motifs is 1. The van der Waals surface area contributed by atoms with E-state index in [0.717, 1.165) is 11.1 Å². The quantitative estimate of drug-likeness (QED) is 0.597. The average Bonchev–Trinajstić information content (AvgIpc) is 2.67. The highest BCUT2D eigenvalue weighted by Crippen LogP contribution is 2.22. The Bertz CT molecular complexity index is 1000. The van der Waals surface area contributed by atoms with Gasteiger partial charge in [0.15, 0.2) is 11.5 Å². The van der Waals surface area contributed by atoms with Gasteiger partial charge in [-0.3, -0.25) is 0 Å². The monoisotopic (exact) mass is 329 g/mol. The molecule has 0 saturated carbocycles. The van der Waals surface area contributed by atoms with E-state index in [-0.39, 0.29) is 5.75 Å². The molecule has 122 valence electrons. The Morgan fingerprint density at radius 1 is 0.880 bits per heavy atom. The van der Waals surface area contributed by atoms with E-state index in [9.17, 15) is 5.11 Å². The number of phenols is 1. The Kier molecular flexibility index (Phi) is 3.92. The minimum atomic E-state index is 0.215. The molecule has 0 aliphatic carbocycles. The van der Waals surface area contributed by atoms with Gasteiger partial charge in [0.1, 0.15) is 17.6 Å². The second kappa shape index (κ2) is 6.52. The number of hydrogen-bond acceptors (Lipinski definition) is 6. The summed E-state index contributed by atoms with van der Waals surface area (Å²) in [6.45, 7) is 0.647. The molecule has 0 saturated heterocycles. The summed E-state index contributed by atoms with van der Waals surface area (Å²) in [5.41, 5.74) is 3.87. The van der Waals surface area contributed by atoms with Crippen LogP contribution in [0, 0.1) is 0 Å². The number of nitrogens with zero attached hydrogens (tertiary/aromatic N) is 4. The van der Waals surface area contributed by atoms with Crippen molar-refractivity contribution in [3.05, 3.63) is 72.7 Å². The van der Waals surface area contributed by atoms with E-state index in [1.807, 2.05) is 30.3 Å². The average molecular weight is 329 g/mol. The molecule has 0 atom stereocenters. The number of benzene rings is 2. The summed E-state index contributed by atoms with van der Waals surface area (Å²) in [4.78, 5) is 17.5. The predicted molar refractivity (Wildman–Crippen MR) is 96.0 cm³/mol. The molecule has 2 aromatic heterocycles. The van der Waals surface area contributed by atoms with E-state index in [1.54, 1.807) is 30.5 Å². The van der Waals surface area contributed by atoms with E-state index in [0.29, 0.717) is 29.2 Å². The highest BCUT2D eigenvalue weighted by molar-refractivity contribution is 5.83. The SMILES string of the molecule is Oc1ccc(-c2cnc3c(NCc4ccccc4)ncnc3n2)cc1. The number of aromatic hydroxyl groups is 1. The van der Waals surface area contributed by atoms with Crippen molar-refractivity contribution in [2.24, 2.45) is 0 Å². The molecule has 0 bridgehead atoms. The molecule has 6 nitrogen and oxygen atoms in total.